The Morgan fingerprint density at radius 3 is 2.40 bits per heavy atom. The third kappa shape index (κ3) is 3.30. The van der Waals surface area contributed by atoms with Gasteiger partial charge >= 0.3 is 0 Å². The molecule has 0 spiro atoms. The molecule has 3 rings (SSSR count). The fourth-order valence-corrected chi connectivity index (χ4v) is 3.14. The predicted octanol–water partition coefficient (Wildman–Crippen LogP) is 4.22. The van der Waals surface area contributed by atoms with E-state index in [0.717, 1.165) is 11.5 Å². The fraction of sp³-hybridized carbons (Fsp3) is 0.0588. The molecule has 0 amide bonds. The first-order chi connectivity index (χ1) is 11.8. The lowest BCUT2D eigenvalue weighted by Crippen LogP contribution is -1.99. The first kappa shape index (κ1) is 16.9. The van der Waals surface area contributed by atoms with Gasteiger partial charge in [0.25, 0.3) is 10.1 Å². The summed E-state index contributed by atoms with van der Waals surface area (Å²) in [5, 5.41) is 29.4. The van der Waals surface area contributed by atoms with E-state index in [1.807, 2.05) is 12.1 Å². The molecule has 0 radical (unpaired) electrons. The highest BCUT2D eigenvalue weighted by Gasteiger charge is 2.19. The number of benzene rings is 3. The van der Waals surface area contributed by atoms with Crippen LogP contribution in [0.25, 0.3) is 10.8 Å². The Hall–Kier alpha value is -2.97. The first-order valence-electron chi connectivity index (χ1n) is 7.21. The van der Waals surface area contributed by atoms with Crippen LogP contribution in [0.4, 0.5) is 11.4 Å². The third-order valence-electron chi connectivity index (χ3n) is 3.61. The molecule has 0 aromatic heterocycles. The van der Waals surface area contributed by atoms with E-state index in [9.17, 15) is 23.2 Å². The number of hydrogen-bond donors (Lipinski definition) is 3. The van der Waals surface area contributed by atoms with Gasteiger partial charge in [0, 0.05) is 5.39 Å². The minimum atomic E-state index is -4.61. The molecule has 0 saturated heterocycles. The van der Waals surface area contributed by atoms with Crippen LogP contribution in [0.3, 0.4) is 0 Å². The van der Waals surface area contributed by atoms with E-state index in [0.29, 0.717) is 10.9 Å². The molecule has 3 N–H and O–H groups in total. The summed E-state index contributed by atoms with van der Waals surface area (Å²) in [4.78, 5) is -0.649. The van der Waals surface area contributed by atoms with E-state index in [1.165, 1.54) is 12.1 Å². The van der Waals surface area contributed by atoms with Crippen molar-refractivity contribution in [2.75, 3.05) is 0 Å². The molecule has 0 bridgehead atoms. The summed E-state index contributed by atoms with van der Waals surface area (Å²) in [5.74, 6) is -0.818. The lowest BCUT2D eigenvalue weighted by molar-refractivity contribution is 0.443. The minimum Gasteiger partial charge on any atom is -0.506 e. The molecule has 0 heterocycles. The highest BCUT2D eigenvalue weighted by molar-refractivity contribution is 7.86. The van der Waals surface area contributed by atoms with Gasteiger partial charge in [-0.1, -0.05) is 30.3 Å². The number of aromatic hydroxyl groups is 2. The smallest absolute Gasteiger partial charge is 0.298 e. The van der Waals surface area contributed by atoms with Crippen molar-refractivity contribution in [3.8, 4) is 11.5 Å². The molecule has 0 saturated carbocycles. The molecule has 7 nitrogen and oxygen atoms in total. The number of aryl methyl sites for hydroxylation is 1. The monoisotopic (exact) mass is 358 g/mol. The SMILES string of the molecule is Cc1cc(/N=N/c2c(O)ccc3ccccc23)c(O)c(S(=O)(=O)O)c1. The molecule has 0 aliphatic carbocycles. The Kier molecular flexibility index (Phi) is 4.15. The lowest BCUT2D eigenvalue weighted by Gasteiger charge is -2.06. The normalized spacial score (nSPS) is 12.1. The van der Waals surface area contributed by atoms with Crippen molar-refractivity contribution in [3.63, 3.8) is 0 Å². The summed E-state index contributed by atoms with van der Waals surface area (Å²) in [6, 6.07) is 12.9. The second-order valence-corrected chi connectivity index (χ2v) is 6.85. The Labute approximate surface area is 143 Å². The van der Waals surface area contributed by atoms with Crippen LogP contribution in [0.2, 0.25) is 0 Å². The molecule has 0 aliphatic heterocycles. The van der Waals surface area contributed by atoms with Crippen molar-refractivity contribution in [1.29, 1.82) is 0 Å². The van der Waals surface area contributed by atoms with Crippen molar-refractivity contribution < 1.29 is 23.2 Å². The van der Waals surface area contributed by atoms with Gasteiger partial charge in [-0.15, -0.1) is 10.2 Å². The summed E-state index contributed by atoms with van der Waals surface area (Å²) >= 11 is 0. The number of azo groups is 1. The standard InChI is InChI=1S/C17H14N2O5S/c1-10-8-13(17(21)15(9-10)25(22,23)24)18-19-16-12-5-3-2-4-11(12)6-7-14(16)20/h2-9,20-21H,1H3,(H,22,23,24)/b19-18+. The van der Waals surface area contributed by atoms with Gasteiger partial charge in [-0.2, -0.15) is 8.42 Å². The zero-order valence-corrected chi connectivity index (χ0v) is 13.9. The average Bonchev–Trinajstić information content (AvgIpc) is 2.55. The summed E-state index contributed by atoms with van der Waals surface area (Å²) in [6.07, 6.45) is 0. The summed E-state index contributed by atoms with van der Waals surface area (Å²) in [6.45, 7) is 1.59. The molecule has 0 unspecified atom stereocenters. The Bertz CT molecular complexity index is 1110. The van der Waals surface area contributed by atoms with Gasteiger partial charge in [-0.05, 0) is 36.1 Å². The molecule has 128 valence electrons. The van der Waals surface area contributed by atoms with E-state index in [1.54, 1.807) is 25.1 Å². The summed E-state index contributed by atoms with van der Waals surface area (Å²) < 4.78 is 31.9. The van der Waals surface area contributed by atoms with Crippen LogP contribution >= 0.6 is 0 Å². The molecular weight excluding hydrogens is 344 g/mol. The summed E-state index contributed by atoms with van der Waals surface area (Å²) in [7, 11) is -4.61. The van der Waals surface area contributed by atoms with Crippen LogP contribution in [0.15, 0.2) is 63.7 Å². The number of rotatable bonds is 3. The van der Waals surface area contributed by atoms with Crippen molar-refractivity contribution in [2.45, 2.75) is 11.8 Å². The lowest BCUT2D eigenvalue weighted by atomic mass is 10.1. The van der Waals surface area contributed by atoms with E-state index >= 15 is 0 Å². The second-order valence-electron chi connectivity index (χ2n) is 5.46. The number of hydrogen-bond acceptors (Lipinski definition) is 6. The quantitative estimate of drug-likeness (QED) is 0.478. The van der Waals surface area contributed by atoms with Crippen LogP contribution in [0, 0.1) is 6.92 Å². The number of phenols is 2. The van der Waals surface area contributed by atoms with Crippen LogP contribution in [0.1, 0.15) is 5.56 Å². The van der Waals surface area contributed by atoms with Crippen LogP contribution < -0.4 is 0 Å². The van der Waals surface area contributed by atoms with E-state index in [4.69, 9.17) is 0 Å². The van der Waals surface area contributed by atoms with Gasteiger partial charge in [0.1, 0.15) is 22.0 Å². The third-order valence-corrected chi connectivity index (χ3v) is 4.48. The predicted molar refractivity (Wildman–Crippen MR) is 92.4 cm³/mol. The highest BCUT2D eigenvalue weighted by atomic mass is 32.2. The van der Waals surface area contributed by atoms with E-state index in [-0.39, 0.29) is 17.1 Å². The summed E-state index contributed by atoms with van der Waals surface area (Å²) in [5.41, 5.74) is 0.508. The minimum absolute atomic E-state index is 0.107. The number of fused-ring (bicyclic) bond motifs is 1. The van der Waals surface area contributed by atoms with Crippen LogP contribution in [-0.4, -0.2) is 23.2 Å². The number of phenolic OH excluding ortho intramolecular Hbond substituents is 2. The largest absolute Gasteiger partial charge is 0.506 e. The molecular formula is C17H14N2O5S. The molecule has 25 heavy (non-hydrogen) atoms. The first-order valence-corrected chi connectivity index (χ1v) is 8.65. The van der Waals surface area contributed by atoms with Gasteiger partial charge < -0.3 is 10.2 Å². The average molecular weight is 358 g/mol. The molecule has 3 aromatic carbocycles. The van der Waals surface area contributed by atoms with Crippen LogP contribution in [0.5, 0.6) is 11.5 Å². The molecule has 0 atom stereocenters. The van der Waals surface area contributed by atoms with Crippen molar-refractivity contribution in [3.05, 3.63) is 54.1 Å². The Balaban J connectivity index is 2.16. The zero-order chi connectivity index (χ0) is 18.2. The maximum atomic E-state index is 11.3. The Morgan fingerprint density at radius 1 is 0.960 bits per heavy atom. The molecule has 3 aromatic rings. The van der Waals surface area contributed by atoms with Gasteiger partial charge in [0.05, 0.1) is 0 Å². The van der Waals surface area contributed by atoms with E-state index in [2.05, 4.69) is 10.2 Å². The molecule has 0 aliphatic rings. The van der Waals surface area contributed by atoms with Crippen molar-refractivity contribution in [1.82, 2.24) is 0 Å². The van der Waals surface area contributed by atoms with Crippen molar-refractivity contribution >= 4 is 32.3 Å². The maximum Gasteiger partial charge on any atom is 0.298 e. The number of nitrogens with zero attached hydrogens (tertiary/aromatic N) is 2. The van der Waals surface area contributed by atoms with Crippen molar-refractivity contribution in [2.24, 2.45) is 10.2 Å². The second kappa shape index (κ2) is 6.15. The molecule has 0 fully saturated rings. The van der Waals surface area contributed by atoms with Gasteiger partial charge in [-0.3, -0.25) is 4.55 Å². The molecule has 8 heteroatoms. The van der Waals surface area contributed by atoms with Gasteiger partial charge in [0.15, 0.2) is 5.75 Å². The maximum absolute atomic E-state index is 11.3. The van der Waals surface area contributed by atoms with Crippen LogP contribution in [-0.2, 0) is 10.1 Å². The highest BCUT2D eigenvalue weighted by Crippen LogP contribution is 2.39. The Morgan fingerprint density at radius 2 is 1.68 bits per heavy atom. The van der Waals surface area contributed by atoms with Gasteiger partial charge in [-0.25, -0.2) is 0 Å². The fourth-order valence-electron chi connectivity index (χ4n) is 2.45. The zero-order valence-electron chi connectivity index (χ0n) is 13.1. The van der Waals surface area contributed by atoms with E-state index < -0.39 is 20.8 Å². The topological polar surface area (TPSA) is 120 Å². The van der Waals surface area contributed by atoms with Gasteiger partial charge in [0.2, 0.25) is 0 Å².